The van der Waals surface area contributed by atoms with Crippen LogP contribution in [0.3, 0.4) is 0 Å². The molecule has 3 aliphatic rings. The number of ether oxygens (including phenoxy) is 1. The van der Waals surface area contributed by atoms with E-state index in [-0.39, 0.29) is 11.7 Å². The fraction of sp³-hybridized carbons (Fsp3) is 0.385. The van der Waals surface area contributed by atoms with Gasteiger partial charge in [0.05, 0.1) is 30.4 Å². The maximum Gasteiger partial charge on any atom is 0.255 e. The summed E-state index contributed by atoms with van der Waals surface area (Å²) < 4.78 is 20.3. The van der Waals surface area contributed by atoms with Gasteiger partial charge < -0.3 is 14.5 Å². The predicted octanol–water partition coefficient (Wildman–Crippen LogP) is 4.03. The number of morpholine rings is 1. The van der Waals surface area contributed by atoms with Crippen molar-refractivity contribution in [2.45, 2.75) is 19.3 Å². The molecule has 0 bridgehead atoms. The first-order valence-corrected chi connectivity index (χ1v) is 11.3. The van der Waals surface area contributed by atoms with E-state index in [1.54, 1.807) is 30.3 Å². The zero-order chi connectivity index (χ0) is 22.1. The number of carbonyl (C=O) groups is 1. The third-order valence-electron chi connectivity index (χ3n) is 6.88. The number of allylic oxidation sites excluding steroid dienone is 1. The van der Waals surface area contributed by atoms with Gasteiger partial charge in [0.15, 0.2) is 0 Å². The minimum Gasteiger partial charge on any atom is -0.378 e. The van der Waals surface area contributed by atoms with Gasteiger partial charge in [-0.2, -0.15) is 5.26 Å². The number of amides is 1. The average molecular weight is 432 g/mol. The van der Waals surface area contributed by atoms with E-state index >= 15 is 0 Å². The molecule has 32 heavy (non-hydrogen) atoms. The van der Waals surface area contributed by atoms with Crippen molar-refractivity contribution in [3.05, 3.63) is 70.0 Å². The summed E-state index contributed by atoms with van der Waals surface area (Å²) in [6, 6.07) is 12.9. The molecule has 6 heteroatoms. The Kier molecular flexibility index (Phi) is 5.67. The smallest absolute Gasteiger partial charge is 0.255 e. The van der Waals surface area contributed by atoms with Crippen LogP contribution in [0.4, 0.5) is 10.1 Å². The summed E-state index contributed by atoms with van der Waals surface area (Å²) in [5.41, 5.74) is 4.87. The Bertz CT molecular complexity index is 1110. The minimum absolute atomic E-state index is 0.0783. The summed E-state index contributed by atoms with van der Waals surface area (Å²) in [6.45, 7) is 4.24. The quantitative estimate of drug-likeness (QED) is 0.737. The zero-order valence-electron chi connectivity index (χ0n) is 18.0. The van der Waals surface area contributed by atoms with Crippen LogP contribution in [0.25, 0.3) is 6.08 Å². The van der Waals surface area contributed by atoms with Crippen LogP contribution in [0, 0.1) is 23.1 Å². The summed E-state index contributed by atoms with van der Waals surface area (Å²) in [5.74, 6) is 0.120. The van der Waals surface area contributed by atoms with Gasteiger partial charge in [0, 0.05) is 37.4 Å². The standard InChI is InChI=1S/C26H26FN3O2/c27-25-16-22(29-9-11-32-12-10-29)14-21-13-20(15-24(21)25)18-5-7-30(8-6-18)26(31)23-4-2-1-3-19(23)17-28/h1-4,14-16,18H,5-13H2. The number of hydrogen-bond donors (Lipinski definition) is 0. The molecule has 5 rings (SSSR count). The molecule has 0 saturated carbocycles. The van der Waals surface area contributed by atoms with Crippen LogP contribution in [0.2, 0.25) is 0 Å². The molecule has 0 atom stereocenters. The lowest BCUT2D eigenvalue weighted by Gasteiger charge is -2.33. The van der Waals surface area contributed by atoms with Gasteiger partial charge in [-0.3, -0.25) is 4.79 Å². The molecule has 0 spiro atoms. The highest BCUT2D eigenvalue weighted by Crippen LogP contribution is 2.38. The summed E-state index contributed by atoms with van der Waals surface area (Å²) in [5, 5.41) is 9.29. The lowest BCUT2D eigenvalue weighted by Crippen LogP contribution is -2.39. The molecule has 0 unspecified atom stereocenters. The number of carbonyl (C=O) groups excluding carboxylic acids is 1. The number of rotatable bonds is 3. The molecule has 0 N–H and O–H groups in total. The number of hydrogen-bond acceptors (Lipinski definition) is 4. The van der Waals surface area contributed by atoms with Crippen LogP contribution in [0.5, 0.6) is 0 Å². The number of nitrogens with zero attached hydrogens (tertiary/aromatic N) is 3. The van der Waals surface area contributed by atoms with Gasteiger partial charge in [-0.25, -0.2) is 4.39 Å². The second-order valence-electron chi connectivity index (χ2n) is 8.72. The van der Waals surface area contributed by atoms with Crippen LogP contribution in [0.1, 0.15) is 39.9 Å². The van der Waals surface area contributed by atoms with Gasteiger partial charge in [-0.1, -0.05) is 23.8 Å². The largest absolute Gasteiger partial charge is 0.378 e. The lowest BCUT2D eigenvalue weighted by molar-refractivity contribution is 0.0701. The molecule has 1 amide bonds. The minimum atomic E-state index is -0.153. The van der Waals surface area contributed by atoms with Crippen molar-refractivity contribution < 1.29 is 13.9 Å². The maximum atomic E-state index is 14.9. The first-order valence-electron chi connectivity index (χ1n) is 11.3. The molecule has 2 aliphatic heterocycles. The number of piperidine rings is 1. The second-order valence-corrected chi connectivity index (χ2v) is 8.72. The van der Waals surface area contributed by atoms with Crippen molar-refractivity contribution in [1.82, 2.24) is 4.90 Å². The van der Waals surface area contributed by atoms with Gasteiger partial charge in [0.2, 0.25) is 0 Å². The highest BCUT2D eigenvalue weighted by Gasteiger charge is 2.30. The van der Waals surface area contributed by atoms with Crippen molar-refractivity contribution >= 4 is 17.7 Å². The van der Waals surface area contributed by atoms with Crippen LogP contribution >= 0.6 is 0 Å². The van der Waals surface area contributed by atoms with E-state index in [1.165, 1.54) is 5.57 Å². The maximum absolute atomic E-state index is 14.9. The fourth-order valence-corrected chi connectivity index (χ4v) is 5.08. The Balaban J connectivity index is 1.25. The number of benzene rings is 2. The average Bonchev–Trinajstić information content (AvgIpc) is 3.29. The first kappa shape index (κ1) is 20.7. The third kappa shape index (κ3) is 3.89. The fourth-order valence-electron chi connectivity index (χ4n) is 5.08. The van der Waals surface area contributed by atoms with E-state index in [0.717, 1.165) is 49.2 Å². The van der Waals surface area contributed by atoms with Gasteiger partial charge in [-0.05, 0) is 55.0 Å². The van der Waals surface area contributed by atoms with Crippen molar-refractivity contribution in [2.75, 3.05) is 44.3 Å². The summed E-state index contributed by atoms with van der Waals surface area (Å²) in [4.78, 5) is 16.9. The number of likely N-dealkylation sites (tertiary alicyclic amines) is 1. The first-order chi connectivity index (χ1) is 15.6. The van der Waals surface area contributed by atoms with E-state index in [9.17, 15) is 14.4 Å². The molecule has 2 heterocycles. The van der Waals surface area contributed by atoms with Crippen LogP contribution in [-0.2, 0) is 11.2 Å². The summed E-state index contributed by atoms with van der Waals surface area (Å²) in [7, 11) is 0. The van der Waals surface area contributed by atoms with Crippen molar-refractivity contribution in [2.24, 2.45) is 5.92 Å². The molecule has 2 aromatic rings. The summed E-state index contributed by atoms with van der Waals surface area (Å²) >= 11 is 0. The Morgan fingerprint density at radius 1 is 1.09 bits per heavy atom. The molecular weight excluding hydrogens is 405 g/mol. The molecule has 0 aromatic heterocycles. The van der Waals surface area contributed by atoms with Gasteiger partial charge in [-0.15, -0.1) is 0 Å². The topological polar surface area (TPSA) is 56.6 Å². The van der Waals surface area contributed by atoms with Crippen molar-refractivity contribution in [3.63, 3.8) is 0 Å². The Hall–Kier alpha value is -3.17. The van der Waals surface area contributed by atoms with Gasteiger partial charge in [0.25, 0.3) is 5.91 Å². The highest BCUT2D eigenvalue weighted by atomic mass is 19.1. The lowest BCUT2D eigenvalue weighted by atomic mass is 9.87. The Labute approximate surface area is 187 Å². The third-order valence-corrected chi connectivity index (χ3v) is 6.88. The SMILES string of the molecule is N#Cc1ccccc1C(=O)N1CCC(C2=Cc3c(F)cc(N4CCOCC4)cc3C2)CC1. The number of fused-ring (bicyclic) bond motifs is 1. The van der Waals surface area contributed by atoms with Crippen LogP contribution in [0.15, 0.2) is 42.0 Å². The van der Waals surface area contributed by atoms with Gasteiger partial charge in [0.1, 0.15) is 5.82 Å². The van der Waals surface area contributed by atoms with Crippen molar-refractivity contribution in [1.29, 1.82) is 5.26 Å². The predicted molar refractivity (Wildman–Crippen MR) is 121 cm³/mol. The van der Waals surface area contributed by atoms with E-state index in [1.807, 2.05) is 11.0 Å². The Morgan fingerprint density at radius 3 is 2.59 bits per heavy atom. The van der Waals surface area contributed by atoms with Crippen LogP contribution < -0.4 is 4.90 Å². The number of anilines is 1. The molecule has 2 fully saturated rings. The molecule has 0 radical (unpaired) electrons. The zero-order valence-corrected chi connectivity index (χ0v) is 18.0. The normalized spacial score (nSPS) is 18.8. The second kappa shape index (κ2) is 8.76. The number of nitriles is 1. The van der Waals surface area contributed by atoms with E-state index in [2.05, 4.69) is 17.0 Å². The summed E-state index contributed by atoms with van der Waals surface area (Å²) in [6.07, 6.45) is 4.53. The Morgan fingerprint density at radius 2 is 1.84 bits per heavy atom. The van der Waals surface area contributed by atoms with E-state index in [4.69, 9.17) is 4.74 Å². The molecule has 5 nitrogen and oxygen atoms in total. The monoisotopic (exact) mass is 431 g/mol. The van der Waals surface area contributed by atoms with Crippen molar-refractivity contribution in [3.8, 4) is 6.07 Å². The van der Waals surface area contributed by atoms with E-state index in [0.29, 0.717) is 43.3 Å². The molecule has 164 valence electrons. The molecular formula is C26H26FN3O2. The van der Waals surface area contributed by atoms with Gasteiger partial charge >= 0.3 is 0 Å². The highest BCUT2D eigenvalue weighted by molar-refractivity contribution is 5.96. The van der Waals surface area contributed by atoms with Crippen LogP contribution in [-0.4, -0.2) is 50.2 Å². The molecule has 1 aliphatic carbocycles. The number of halogens is 1. The molecule has 2 saturated heterocycles. The van der Waals surface area contributed by atoms with E-state index < -0.39 is 0 Å². The molecule has 2 aromatic carbocycles.